The van der Waals surface area contributed by atoms with Crippen LogP contribution in [0.5, 0.6) is 0 Å². The molecule has 0 aliphatic carbocycles. The molecule has 1 aliphatic rings. The van der Waals surface area contributed by atoms with Crippen molar-refractivity contribution in [1.29, 1.82) is 0 Å². The number of hydrogen-bond donors (Lipinski definition) is 2. The molecule has 1 heterocycles. The van der Waals surface area contributed by atoms with Gasteiger partial charge in [0.1, 0.15) is 0 Å². The van der Waals surface area contributed by atoms with Crippen LogP contribution in [0.2, 0.25) is 0 Å². The van der Waals surface area contributed by atoms with Crippen molar-refractivity contribution in [2.24, 2.45) is 11.7 Å². The van der Waals surface area contributed by atoms with E-state index in [1.165, 1.54) is 4.90 Å². The minimum atomic E-state index is -0.801. The van der Waals surface area contributed by atoms with Gasteiger partial charge < -0.3 is 15.7 Å². The Morgan fingerprint density at radius 2 is 2.45 bits per heavy atom. The molecule has 1 aliphatic heterocycles. The third kappa shape index (κ3) is 2.08. The molecule has 0 saturated carbocycles. The summed E-state index contributed by atoms with van der Waals surface area (Å²) >= 11 is 0. The van der Waals surface area contributed by atoms with Crippen LogP contribution in [0.25, 0.3) is 0 Å². The molecule has 1 saturated heterocycles. The second-order valence-corrected chi connectivity index (χ2v) is 2.96. The fourth-order valence-electron chi connectivity index (χ4n) is 1.48. The highest BCUT2D eigenvalue weighted by Crippen LogP contribution is 2.18. The summed E-state index contributed by atoms with van der Waals surface area (Å²) in [5, 5.41) is 8.59. The van der Waals surface area contributed by atoms with Crippen molar-refractivity contribution >= 4 is 6.09 Å². The maximum absolute atomic E-state index is 10.4. The maximum Gasteiger partial charge on any atom is 0.407 e. The average molecular weight is 158 g/mol. The van der Waals surface area contributed by atoms with Gasteiger partial charge in [-0.05, 0) is 25.3 Å². The normalized spacial score (nSPS) is 24.1. The standard InChI is InChI=1S/C7H14N2O2/c8-3-1-6-2-4-9(5-6)7(10)11/h6H,1-5,8H2,(H,10,11). The predicted molar refractivity (Wildman–Crippen MR) is 41.4 cm³/mol. The third-order valence-corrected chi connectivity index (χ3v) is 2.13. The lowest BCUT2D eigenvalue weighted by Crippen LogP contribution is -2.26. The summed E-state index contributed by atoms with van der Waals surface area (Å²) in [4.78, 5) is 11.9. The lowest BCUT2D eigenvalue weighted by atomic mass is 10.1. The van der Waals surface area contributed by atoms with Gasteiger partial charge in [-0.15, -0.1) is 0 Å². The Bertz CT molecular complexity index is 149. The molecule has 0 aromatic heterocycles. The van der Waals surface area contributed by atoms with Crippen molar-refractivity contribution in [2.45, 2.75) is 12.8 Å². The Labute approximate surface area is 66.0 Å². The first kappa shape index (κ1) is 8.33. The zero-order chi connectivity index (χ0) is 8.27. The molecule has 1 rings (SSSR count). The van der Waals surface area contributed by atoms with Gasteiger partial charge in [0.15, 0.2) is 0 Å². The lowest BCUT2D eigenvalue weighted by molar-refractivity contribution is 0.154. The van der Waals surface area contributed by atoms with E-state index in [1.54, 1.807) is 0 Å². The van der Waals surface area contributed by atoms with Crippen molar-refractivity contribution in [3.63, 3.8) is 0 Å². The smallest absolute Gasteiger partial charge is 0.407 e. The quantitative estimate of drug-likeness (QED) is 0.608. The Hall–Kier alpha value is -0.770. The Balaban J connectivity index is 2.29. The summed E-state index contributed by atoms with van der Waals surface area (Å²) in [6.07, 6.45) is 1.12. The molecule has 0 bridgehead atoms. The molecule has 1 atom stereocenters. The number of rotatable bonds is 2. The van der Waals surface area contributed by atoms with Gasteiger partial charge in [0.25, 0.3) is 0 Å². The van der Waals surface area contributed by atoms with Crippen molar-refractivity contribution in [3.8, 4) is 0 Å². The summed E-state index contributed by atoms with van der Waals surface area (Å²) in [6, 6.07) is 0. The first-order valence-corrected chi connectivity index (χ1v) is 3.92. The number of amides is 1. The Morgan fingerprint density at radius 3 is 2.91 bits per heavy atom. The van der Waals surface area contributed by atoms with Gasteiger partial charge in [-0.25, -0.2) is 4.79 Å². The van der Waals surface area contributed by atoms with E-state index in [4.69, 9.17) is 10.8 Å². The van der Waals surface area contributed by atoms with Crippen LogP contribution in [0, 0.1) is 5.92 Å². The predicted octanol–water partition coefficient (Wildman–Crippen LogP) is 0.335. The van der Waals surface area contributed by atoms with Gasteiger partial charge in [0.2, 0.25) is 0 Å². The third-order valence-electron chi connectivity index (χ3n) is 2.13. The van der Waals surface area contributed by atoms with Crippen molar-refractivity contribution in [3.05, 3.63) is 0 Å². The molecule has 3 N–H and O–H groups in total. The molecule has 0 spiro atoms. The summed E-state index contributed by atoms with van der Waals surface area (Å²) in [5.74, 6) is 0.496. The Morgan fingerprint density at radius 1 is 1.73 bits per heavy atom. The van der Waals surface area contributed by atoms with Gasteiger partial charge in [-0.2, -0.15) is 0 Å². The number of carboxylic acid groups (broad SMARTS) is 1. The SMILES string of the molecule is NCCC1CCN(C(=O)O)C1. The molecule has 1 amide bonds. The largest absolute Gasteiger partial charge is 0.465 e. The van der Waals surface area contributed by atoms with Crippen LogP contribution in [0.1, 0.15) is 12.8 Å². The zero-order valence-corrected chi connectivity index (χ0v) is 6.49. The number of carbonyl (C=O) groups is 1. The van der Waals surface area contributed by atoms with E-state index in [0.717, 1.165) is 12.8 Å². The van der Waals surface area contributed by atoms with Crippen LogP contribution in [-0.4, -0.2) is 35.7 Å². The fraction of sp³-hybridized carbons (Fsp3) is 0.857. The highest BCUT2D eigenvalue weighted by molar-refractivity contribution is 5.65. The van der Waals surface area contributed by atoms with E-state index in [0.29, 0.717) is 25.6 Å². The molecule has 0 radical (unpaired) electrons. The summed E-state index contributed by atoms with van der Waals surface area (Å²) in [6.45, 7) is 2.02. The minimum absolute atomic E-state index is 0.496. The molecule has 1 fully saturated rings. The molecule has 1 unspecified atom stereocenters. The number of likely N-dealkylation sites (tertiary alicyclic amines) is 1. The lowest BCUT2D eigenvalue weighted by Gasteiger charge is -2.10. The van der Waals surface area contributed by atoms with Crippen LogP contribution in [0.4, 0.5) is 4.79 Å². The molecule has 4 heteroatoms. The van der Waals surface area contributed by atoms with Gasteiger partial charge in [-0.3, -0.25) is 0 Å². The van der Waals surface area contributed by atoms with Gasteiger partial charge >= 0.3 is 6.09 Å². The fourth-order valence-corrected chi connectivity index (χ4v) is 1.48. The first-order chi connectivity index (χ1) is 5.24. The van der Waals surface area contributed by atoms with E-state index in [-0.39, 0.29) is 0 Å². The van der Waals surface area contributed by atoms with Gasteiger partial charge in [0.05, 0.1) is 0 Å². The highest BCUT2D eigenvalue weighted by Gasteiger charge is 2.24. The summed E-state index contributed by atoms with van der Waals surface area (Å²) in [5.41, 5.74) is 5.36. The van der Waals surface area contributed by atoms with E-state index >= 15 is 0 Å². The van der Waals surface area contributed by atoms with Crippen LogP contribution in [0.15, 0.2) is 0 Å². The summed E-state index contributed by atoms with van der Waals surface area (Å²) < 4.78 is 0. The molecular formula is C7H14N2O2. The number of hydrogen-bond acceptors (Lipinski definition) is 2. The summed E-state index contributed by atoms with van der Waals surface area (Å²) in [7, 11) is 0. The minimum Gasteiger partial charge on any atom is -0.465 e. The zero-order valence-electron chi connectivity index (χ0n) is 6.49. The number of nitrogens with zero attached hydrogens (tertiary/aromatic N) is 1. The molecule has 0 aromatic rings. The van der Waals surface area contributed by atoms with Crippen LogP contribution >= 0.6 is 0 Å². The van der Waals surface area contributed by atoms with Crippen molar-refractivity contribution in [1.82, 2.24) is 4.90 Å². The van der Waals surface area contributed by atoms with Crippen LogP contribution in [-0.2, 0) is 0 Å². The topological polar surface area (TPSA) is 66.6 Å². The molecule has 64 valence electrons. The maximum atomic E-state index is 10.4. The van der Waals surface area contributed by atoms with Gasteiger partial charge in [0, 0.05) is 13.1 Å². The Kier molecular flexibility index (Phi) is 2.70. The van der Waals surface area contributed by atoms with Gasteiger partial charge in [-0.1, -0.05) is 0 Å². The van der Waals surface area contributed by atoms with Crippen molar-refractivity contribution in [2.75, 3.05) is 19.6 Å². The second kappa shape index (κ2) is 3.57. The highest BCUT2D eigenvalue weighted by atomic mass is 16.4. The molecular weight excluding hydrogens is 144 g/mol. The van der Waals surface area contributed by atoms with Crippen LogP contribution in [0.3, 0.4) is 0 Å². The van der Waals surface area contributed by atoms with E-state index < -0.39 is 6.09 Å². The van der Waals surface area contributed by atoms with Crippen molar-refractivity contribution < 1.29 is 9.90 Å². The number of nitrogens with two attached hydrogens (primary N) is 1. The second-order valence-electron chi connectivity index (χ2n) is 2.96. The van der Waals surface area contributed by atoms with E-state index in [1.807, 2.05) is 0 Å². The first-order valence-electron chi connectivity index (χ1n) is 3.92. The molecule has 0 aromatic carbocycles. The van der Waals surface area contributed by atoms with E-state index in [2.05, 4.69) is 0 Å². The van der Waals surface area contributed by atoms with E-state index in [9.17, 15) is 4.79 Å². The van der Waals surface area contributed by atoms with Crippen LogP contribution < -0.4 is 5.73 Å². The molecule has 11 heavy (non-hydrogen) atoms. The molecule has 4 nitrogen and oxygen atoms in total. The average Bonchev–Trinajstić information content (AvgIpc) is 2.37. The monoisotopic (exact) mass is 158 g/mol.